The van der Waals surface area contributed by atoms with Crippen molar-refractivity contribution in [3.63, 3.8) is 0 Å². The highest BCUT2D eigenvalue weighted by Crippen LogP contribution is 2.16. The second-order valence-corrected chi connectivity index (χ2v) is 6.65. The molecule has 126 valence electrons. The second kappa shape index (κ2) is 7.85. The Bertz CT molecular complexity index is 983. The van der Waals surface area contributed by atoms with Gasteiger partial charge in [-0.05, 0) is 31.5 Å². The summed E-state index contributed by atoms with van der Waals surface area (Å²) in [5, 5.41) is 4.16. The SMILES string of the molecule is Cc1c(NCc2ccccc2)sc(=Nc2ccccc2)c(C)nc1=O. The number of hydrogen-bond acceptors (Lipinski definition) is 5. The van der Waals surface area contributed by atoms with Crippen LogP contribution in [0.4, 0.5) is 10.7 Å². The number of aromatic nitrogens is 1. The molecule has 1 heterocycles. The maximum absolute atomic E-state index is 12.3. The van der Waals surface area contributed by atoms with Gasteiger partial charge < -0.3 is 5.32 Å². The molecule has 3 aromatic rings. The van der Waals surface area contributed by atoms with Gasteiger partial charge in [-0.2, -0.15) is 0 Å². The highest BCUT2D eigenvalue weighted by Gasteiger charge is 2.06. The molecule has 0 saturated heterocycles. The molecule has 5 heteroatoms. The molecular formula is C20H19N3OS. The van der Waals surface area contributed by atoms with Crippen LogP contribution in [-0.4, -0.2) is 4.98 Å². The summed E-state index contributed by atoms with van der Waals surface area (Å²) in [5.41, 5.74) is 3.01. The lowest BCUT2D eigenvalue weighted by Gasteiger charge is -2.05. The minimum atomic E-state index is -0.223. The van der Waals surface area contributed by atoms with E-state index in [4.69, 9.17) is 0 Å². The van der Waals surface area contributed by atoms with Crippen molar-refractivity contribution in [1.82, 2.24) is 4.98 Å². The molecule has 1 aromatic heterocycles. The highest BCUT2D eigenvalue weighted by atomic mass is 32.1. The van der Waals surface area contributed by atoms with Crippen LogP contribution in [0.15, 0.2) is 70.5 Å². The van der Waals surface area contributed by atoms with E-state index in [1.165, 1.54) is 11.3 Å². The predicted octanol–water partition coefficient (Wildman–Crippen LogP) is 3.96. The molecule has 0 aliphatic rings. The summed E-state index contributed by atoms with van der Waals surface area (Å²) in [6.07, 6.45) is 0. The number of nitrogens with one attached hydrogen (secondary N) is 1. The Morgan fingerprint density at radius 3 is 2.32 bits per heavy atom. The van der Waals surface area contributed by atoms with E-state index in [1.807, 2.05) is 67.6 Å². The zero-order chi connectivity index (χ0) is 17.6. The summed E-state index contributed by atoms with van der Waals surface area (Å²) >= 11 is 1.45. The molecule has 3 rings (SSSR count). The van der Waals surface area contributed by atoms with Gasteiger partial charge in [0.1, 0.15) is 4.67 Å². The van der Waals surface area contributed by atoms with Gasteiger partial charge in [0, 0.05) is 12.1 Å². The van der Waals surface area contributed by atoms with Crippen LogP contribution in [0.1, 0.15) is 16.8 Å². The first kappa shape index (κ1) is 17.0. The quantitative estimate of drug-likeness (QED) is 0.775. The van der Waals surface area contributed by atoms with Gasteiger partial charge in [0.2, 0.25) is 0 Å². The molecule has 2 aromatic carbocycles. The Balaban J connectivity index is 2.04. The monoisotopic (exact) mass is 349 g/mol. The Labute approximate surface area is 150 Å². The van der Waals surface area contributed by atoms with Gasteiger partial charge in [0.15, 0.2) is 0 Å². The van der Waals surface area contributed by atoms with E-state index in [1.54, 1.807) is 6.92 Å². The van der Waals surface area contributed by atoms with Crippen molar-refractivity contribution in [3.05, 3.63) is 92.5 Å². The average Bonchev–Trinajstić information content (AvgIpc) is 2.73. The summed E-state index contributed by atoms with van der Waals surface area (Å²) < 4.78 is 0.729. The number of nitrogens with zero attached hydrogens (tertiary/aromatic N) is 2. The van der Waals surface area contributed by atoms with Gasteiger partial charge in [-0.25, -0.2) is 9.98 Å². The van der Waals surface area contributed by atoms with Crippen LogP contribution in [0.5, 0.6) is 0 Å². The van der Waals surface area contributed by atoms with Crippen molar-refractivity contribution in [1.29, 1.82) is 0 Å². The number of anilines is 1. The molecule has 0 spiro atoms. The molecule has 25 heavy (non-hydrogen) atoms. The fraction of sp³-hybridized carbons (Fsp3) is 0.150. The molecule has 1 N–H and O–H groups in total. The highest BCUT2D eigenvalue weighted by molar-refractivity contribution is 7.13. The van der Waals surface area contributed by atoms with E-state index in [0.29, 0.717) is 17.8 Å². The minimum absolute atomic E-state index is 0.223. The van der Waals surface area contributed by atoms with Crippen LogP contribution in [-0.2, 0) is 6.54 Å². The van der Waals surface area contributed by atoms with Crippen molar-refractivity contribution in [3.8, 4) is 0 Å². The van der Waals surface area contributed by atoms with E-state index in [9.17, 15) is 4.79 Å². The van der Waals surface area contributed by atoms with Gasteiger partial charge in [0.25, 0.3) is 5.56 Å². The van der Waals surface area contributed by atoms with Crippen LogP contribution >= 0.6 is 11.3 Å². The summed E-state index contributed by atoms with van der Waals surface area (Å²) in [4.78, 5) is 21.1. The third kappa shape index (κ3) is 4.39. The minimum Gasteiger partial charge on any atom is -0.372 e. The van der Waals surface area contributed by atoms with Crippen molar-refractivity contribution < 1.29 is 0 Å². The van der Waals surface area contributed by atoms with E-state index >= 15 is 0 Å². The summed E-state index contributed by atoms with van der Waals surface area (Å²) in [7, 11) is 0. The van der Waals surface area contributed by atoms with Gasteiger partial charge in [-0.1, -0.05) is 59.9 Å². The van der Waals surface area contributed by atoms with E-state index < -0.39 is 0 Å². The van der Waals surface area contributed by atoms with Crippen molar-refractivity contribution >= 4 is 22.0 Å². The van der Waals surface area contributed by atoms with Gasteiger partial charge >= 0.3 is 0 Å². The van der Waals surface area contributed by atoms with Crippen LogP contribution in [0.2, 0.25) is 0 Å². The zero-order valence-corrected chi connectivity index (χ0v) is 15.0. The molecule has 0 fully saturated rings. The normalized spacial score (nSPS) is 11.4. The number of aryl methyl sites for hydroxylation is 1. The fourth-order valence-electron chi connectivity index (χ4n) is 2.30. The second-order valence-electron chi connectivity index (χ2n) is 5.65. The largest absolute Gasteiger partial charge is 0.372 e. The van der Waals surface area contributed by atoms with Crippen molar-refractivity contribution in [2.75, 3.05) is 5.32 Å². The molecule has 0 radical (unpaired) electrons. The van der Waals surface area contributed by atoms with Gasteiger partial charge in [-0.3, -0.25) is 4.79 Å². The molecule has 4 nitrogen and oxygen atoms in total. The Hall–Kier alpha value is -2.79. The first-order valence-corrected chi connectivity index (χ1v) is 8.85. The van der Waals surface area contributed by atoms with Gasteiger partial charge in [-0.15, -0.1) is 0 Å². The Kier molecular flexibility index (Phi) is 5.36. The van der Waals surface area contributed by atoms with Crippen LogP contribution < -0.4 is 15.5 Å². The summed E-state index contributed by atoms with van der Waals surface area (Å²) in [6.45, 7) is 4.26. The molecule has 0 bridgehead atoms. The topological polar surface area (TPSA) is 54.4 Å². The number of rotatable bonds is 4. The molecule has 0 aliphatic carbocycles. The standard InChI is InChI=1S/C20H19N3OS/c1-14-18(24)22-15(2)20(23-17-11-7-4-8-12-17)25-19(14)21-13-16-9-5-3-6-10-16/h3-12,21H,13H2,1-2H3. The molecule has 0 amide bonds. The molecule has 0 saturated carbocycles. The lowest BCUT2D eigenvalue weighted by Crippen LogP contribution is -2.11. The smallest absolute Gasteiger partial charge is 0.275 e. The lowest BCUT2D eigenvalue weighted by atomic mass is 10.2. The van der Waals surface area contributed by atoms with Crippen molar-refractivity contribution in [2.24, 2.45) is 4.99 Å². The number of para-hydroxylation sites is 1. The maximum Gasteiger partial charge on any atom is 0.275 e. The van der Waals surface area contributed by atoms with Crippen LogP contribution in [0, 0.1) is 13.8 Å². The van der Waals surface area contributed by atoms with E-state index in [0.717, 1.165) is 20.9 Å². The predicted molar refractivity (Wildman–Crippen MR) is 103 cm³/mol. The fourth-order valence-corrected chi connectivity index (χ4v) is 3.22. The third-order valence-electron chi connectivity index (χ3n) is 3.72. The average molecular weight is 349 g/mol. The number of hydrogen-bond donors (Lipinski definition) is 1. The Morgan fingerprint density at radius 2 is 1.64 bits per heavy atom. The summed E-state index contributed by atoms with van der Waals surface area (Å²) in [6, 6.07) is 19.8. The molecular weight excluding hydrogens is 330 g/mol. The number of benzene rings is 2. The Morgan fingerprint density at radius 1 is 1.00 bits per heavy atom. The molecule has 0 unspecified atom stereocenters. The first-order chi connectivity index (χ1) is 12.1. The molecule has 0 aliphatic heterocycles. The van der Waals surface area contributed by atoms with Crippen molar-refractivity contribution in [2.45, 2.75) is 20.4 Å². The lowest BCUT2D eigenvalue weighted by molar-refractivity contribution is 1.11. The third-order valence-corrected chi connectivity index (χ3v) is 4.96. The van der Waals surface area contributed by atoms with Crippen LogP contribution in [0.25, 0.3) is 0 Å². The van der Waals surface area contributed by atoms with E-state index in [-0.39, 0.29) is 5.56 Å². The van der Waals surface area contributed by atoms with Crippen LogP contribution in [0.3, 0.4) is 0 Å². The summed E-state index contributed by atoms with van der Waals surface area (Å²) in [5.74, 6) is 0. The molecule has 0 atom stereocenters. The maximum atomic E-state index is 12.3. The zero-order valence-electron chi connectivity index (χ0n) is 14.2. The van der Waals surface area contributed by atoms with E-state index in [2.05, 4.69) is 15.3 Å². The van der Waals surface area contributed by atoms with Gasteiger partial charge in [0.05, 0.1) is 16.4 Å². The first-order valence-electron chi connectivity index (χ1n) is 8.04.